The molecular formula is C18H22F3N3O6S. The van der Waals surface area contributed by atoms with Crippen LogP contribution in [0.15, 0.2) is 4.99 Å². The van der Waals surface area contributed by atoms with Crippen LogP contribution in [0.25, 0.3) is 0 Å². The van der Waals surface area contributed by atoms with E-state index in [1.165, 1.54) is 27.0 Å². The van der Waals surface area contributed by atoms with Crippen molar-refractivity contribution in [1.29, 1.82) is 0 Å². The smallest absolute Gasteiger partial charge is 0.475 e. The van der Waals surface area contributed by atoms with Crippen LogP contribution in [0.3, 0.4) is 0 Å². The molecule has 3 fully saturated rings. The lowest BCUT2D eigenvalue weighted by Gasteiger charge is -2.37. The van der Waals surface area contributed by atoms with Crippen LogP contribution in [-0.2, 0) is 23.9 Å². The Hall–Kier alpha value is -2.31. The molecule has 4 aliphatic rings. The maximum Gasteiger partial charge on any atom is 0.490 e. The number of nitrogens with zero attached hydrogens (tertiary/aromatic N) is 3. The summed E-state index contributed by atoms with van der Waals surface area (Å²) in [4.78, 5) is 54.5. The molecule has 31 heavy (non-hydrogen) atoms. The lowest BCUT2D eigenvalue weighted by Crippen LogP contribution is -2.57. The first-order chi connectivity index (χ1) is 14.4. The number of ether oxygens (including phenoxy) is 1. The monoisotopic (exact) mass is 465 g/mol. The number of hydrogen-bond donors (Lipinski definition) is 1. The molecular weight excluding hydrogens is 443 g/mol. The number of esters is 1. The third-order valence-electron chi connectivity index (χ3n) is 6.03. The third kappa shape index (κ3) is 3.87. The van der Waals surface area contributed by atoms with Gasteiger partial charge in [0.2, 0.25) is 11.8 Å². The van der Waals surface area contributed by atoms with Gasteiger partial charge in [0, 0.05) is 12.8 Å². The number of hydrogen-bond acceptors (Lipinski definition) is 8. The predicted octanol–water partition coefficient (Wildman–Crippen LogP) is 0.979. The van der Waals surface area contributed by atoms with Crippen molar-refractivity contribution in [3.05, 3.63) is 0 Å². The second-order valence-corrected chi connectivity index (χ2v) is 8.98. The van der Waals surface area contributed by atoms with Gasteiger partial charge in [-0.2, -0.15) is 13.2 Å². The highest BCUT2D eigenvalue weighted by atomic mass is 32.2. The minimum absolute atomic E-state index is 0.212. The van der Waals surface area contributed by atoms with Crippen molar-refractivity contribution in [3.8, 4) is 0 Å². The summed E-state index contributed by atoms with van der Waals surface area (Å²) >= 11 is 1.64. The number of carbonyl (C=O) groups is 4. The molecule has 0 aromatic rings. The van der Waals surface area contributed by atoms with E-state index in [1.807, 2.05) is 4.90 Å². The molecule has 0 aromatic carbocycles. The predicted molar refractivity (Wildman–Crippen MR) is 102 cm³/mol. The largest absolute Gasteiger partial charge is 0.490 e. The highest BCUT2D eigenvalue weighted by Gasteiger charge is 2.71. The van der Waals surface area contributed by atoms with Crippen molar-refractivity contribution in [1.82, 2.24) is 9.80 Å². The van der Waals surface area contributed by atoms with Gasteiger partial charge >= 0.3 is 18.1 Å². The van der Waals surface area contributed by atoms with Crippen LogP contribution in [0.5, 0.6) is 0 Å². The van der Waals surface area contributed by atoms with E-state index in [1.54, 1.807) is 18.7 Å². The van der Waals surface area contributed by atoms with Gasteiger partial charge in [-0.15, -0.1) is 0 Å². The van der Waals surface area contributed by atoms with Gasteiger partial charge in [-0.1, -0.05) is 11.8 Å². The van der Waals surface area contributed by atoms with Crippen LogP contribution in [0.4, 0.5) is 13.2 Å². The fourth-order valence-electron chi connectivity index (χ4n) is 4.28. The number of amidine groups is 1. The van der Waals surface area contributed by atoms with Gasteiger partial charge in [0.25, 0.3) is 0 Å². The summed E-state index contributed by atoms with van der Waals surface area (Å²) in [6, 6.07) is -0.234. The molecule has 9 nitrogen and oxygen atoms in total. The molecule has 172 valence electrons. The van der Waals surface area contributed by atoms with Gasteiger partial charge in [0.15, 0.2) is 5.17 Å². The van der Waals surface area contributed by atoms with Gasteiger partial charge in [-0.3, -0.25) is 19.5 Å². The molecule has 1 N–H and O–H groups in total. The quantitative estimate of drug-likeness (QED) is 0.484. The van der Waals surface area contributed by atoms with Crippen LogP contribution in [0.2, 0.25) is 0 Å². The van der Waals surface area contributed by atoms with Crippen molar-refractivity contribution < 1.29 is 42.2 Å². The van der Waals surface area contributed by atoms with Gasteiger partial charge < -0.3 is 14.7 Å². The van der Waals surface area contributed by atoms with Gasteiger partial charge in [0.1, 0.15) is 5.54 Å². The molecule has 3 aliphatic heterocycles. The average Bonchev–Trinajstić information content (AvgIpc) is 3.31. The van der Waals surface area contributed by atoms with Crippen LogP contribution < -0.4 is 0 Å². The zero-order chi connectivity index (χ0) is 23.3. The number of aliphatic imine (C=N–C) groups is 1. The Balaban J connectivity index is 0.000000339. The fourth-order valence-corrected chi connectivity index (χ4v) is 5.62. The molecule has 4 atom stereocenters. The van der Waals surface area contributed by atoms with E-state index in [4.69, 9.17) is 14.6 Å². The first-order valence-corrected chi connectivity index (χ1v) is 10.5. The molecule has 1 aliphatic carbocycles. The number of amides is 2. The van der Waals surface area contributed by atoms with Gasteiger partial charge in [-0.25, -0.2) is 9.59 Å². The minimum Gasteiger partial charge on any atom is -0.475 e. The standard InChI is InChI=1S/C16H21N3O4S.C2HF3O2/c1-16(14(22)23-3)11-10(12(20)18(2)13(11)21)9-6-17-15(19(9)16)24-7-8-4-5-8;3-2(4,5)1(6)7/h8-11H,4-7H2,1-3H3;(H,6,7)/t9-,10+,11-,16-;/m1./s1. The van der Waals surface area contributed by atoms with Gasteiger partial charge in [-0.05, 0) is 25.7 Å². The number of aliphatic carboxylic acids is 1. The normalized spacial score (nSPS) is 31.7. The van der Waals surface area contributed by atoms with Gasteiger partial charge in [0.05, 0.1) is 31.5 Å². The van der Waals surface area contributed by atoms with E-state index in [2.05, 4.69) is 4.99 Å². The number of imide groups is 1. The van der Waals surface area contributed by atoms with E-state index in [0.717, 1.165) is 21.7 Å². The summed E-state index contributed by atoms with van der Waals surface area (Å²) in [5, 5.41) is 7.90. The first kappa shape index (κ1) is 23.4. The number of methoxy groups -OCH3 is 1. The van der Waals surface area contributed by atoms with Crippen LogP contribution >= 0.6 is 11.8 Å². The van der Waals surface area contributed by atoms with Crippen LogP contribution in [0.1, 0.15) is 19.8 Å². The Bertz CT molecular complexity index is 846. The summed E-state index contributed by atoms with van der Waals surface area (Å²) in [7, 11) is 2.81. The van der Waals surface area contributed by atoms with Crippen molar-refractivity contribution >= 4 is 40.7 Å². The van der Waals surface area contributed by atoms with E-state index >= 15 is 0 Å². The summed E-state index contributed by atoms with van der Waals surface area (Å²) in [5.74, 6) is -3.26. The molecule has 2 amide bonds. The molecule has 0 aromatic heterocycles. The zero-order valence-corrected chi connectivity index (χ0v) is 17.8. The minimum atomic E-state index is -5.08. The number of carboxylic acids is 1. The van der Waals surface area contributed by atoms with E-state index < -0.39 is 35.5 Å². The summed E-state index contributed by atoms with van der Waals surface area (Å²) in [6.45, 7) is 2.17. The lowest BCUT2D eigenvalue weighted by atomic mass is 9.81. The Kier molecular flexibility index (Phi) is 6.02. The number of alkyl halides is 3. The van der Waals surface area contributed by atoms with E-state index in [-0.39, 0.29) is 17.9 Å². The molecule has 1 saturated carbocycles. The number of likely N-dealkylation sites (tertiary alicyclic amines) is 1. The SMILES string of the molecule is COC(=O)[C@@]1(C)[C@H]2C(=O)N(C)C(=O)[C@H]2[C@H]2CN=C(SCC3CC3)N21.O=C(O)C(F)(F)F. The molecule has 2 saturated heterocycles. The van der Waals surface area contributed by atoms with Crippen molar-refractivity contribution in [2.75, 3.05) is 26.5 Å². The molecule has 0 unspecified atom stereocenters. The van der Waals surface area contributed by atoms with Crippen LogP contribution in [0, 0.1) is 17.8 Å². The van der Waals surface area contributed by atoms with Crippen molar-refractivity contribution in [2.24, 2.45) is 22.7 Å². The molecule has 4 rings (SSSR count). The Labute approximate surface area is 180 Å². The zero-order valence-electron chi connectivity index (χ0n) is 17.0. The van der Waals surface area contributed by atoms with E-state index in [0.29, 0.717) is 6.54 Å². The summed E-state index contributed by atoms with van der Waals surface area (Å²) < 4.78 is 36.8. The number of fused-ring (bicyclic) bond motifs is 3. The Morgan fingerprint density at radius 3 is 2.35 bits per heavy atom. The second-order valence-electron chi connectivity index (χ2n) is 8.00. The number of carboxylic acid groups (broad SMARTS) is 1. The molecule has 0 radical (unpaired) electrons. The Morgan fingerprint density at radius 2 is 1.87 bits per heavy atom. The van der Waals surface area contributed by atoms with E-state index in [9.17, 15) is 27.6 Å². The third-order valence-corrected chi connectivity index (χ3v) is 7.25. The molecule has 0 bridgehead atoms. The first-order valence-electron chi connectivity index (χ1n) is 9.52. The summed E-state index contributed by atoms with van der Waals surface area (Å²) in [6.07, 6.45) is -2.60. The van der Waals surface area contributed by atoms with Crippen LogP contribution in [-0.4, -0.2) is 88.0 Å². The van der Waals surface area contributed by atoms with Crippen molar-refractivity contribution in [2.45, 2.75) is 37.5 Å². The Morgan fingerprint density at radius 1 is 1.29 bits per heavy atom. The topological polar surface area (TPSA) is 117 Å². The lowest BCUT2D eigenvalue weighted by molar-refractivity contribution is -0.192. The maximum atomic E-state index is 12.7. The number of thioether (sulfide) groups is 1. The van der Waals surface area contributed by atoms with Crippen molar-refractivity contribution in [3.63, 3.8) is 0 Å². The second kappa shape index (κ2) is 7.99. The number of halogens is 3. The molecule has 0 spiro atoms. The highest BCUT2D eigenvalue weighted by molar-refractivity contribution is 8.13. The molecule has 3 heterocycles. The molecule has 13 heteroatoms. The fraction of sp³-hybridized carbons (Fsp3) is 0.722. The number of rotatable bonds is 3. The summed E-state index contributed by atoms with van der Waals surface area (Å²) in [5.41, 5.74) is -1.17. The maximum absolute atomic E-state index is 12.7. The highest BCUT2D eigenvalue weighted by Crippen LogP contribution is 2.52. The average molecular weight is 465 g/mol. The number of carbonyl (C=O) groups excluding carboxylic acids is 3.